The highest BCUT2D eigenvalue weighted by atomic mass is 16.3. The van der Waals surface area contributed by atoms with Crippen molar-refractivity contribution in [2.75, 3.05) is 9.80 Å². The van der Waals surface area contributed by atoms with Crippen LogP contribution in [0.5, 0.6) is 0 Å². The molecule has 1 aromatic heterocycles. The number of benzene rings is 7. The van der Waals surface area contributed by atoms with Crippen molar-refractivity contribution in [3.63, 3.8) is 0 Å². The van der Waals surface area contributed by atoms with Crippen LogP contribution in [0.4, 0.5) is 34.1 Å². The molecule has 424 valence electrons. The lowest BCUT2D eigenvalue weighted by atomic mass is 9.35. The molecule has 0 radical (unpaired) electrons. The van der Waals surface area contributed by atoms with Crippen molar-refractivity contribution >= 4 is 68.4 Å². The van der Waals surface area contributed by atoms with E-state index >= 15 is 0 Å². The lowest BCUT2D eigenvalue weighted by molar-refractivity contribution is 0.332. The molecule has 83 heavy (non-hydrogen) atoms. The summed E-state index contributed by atoms with van der Waals surface area (Å²) in [6, 6.07) is 47.5. The van der Waals surface area contributed by atoms with Crippen LogP contribution in [-0.2, 0) is 48.7 Å². The molecule has 3 nitrogen and oxygen atoms in total. The molecule has 0 atom stereocenters. The molecular formula is C79H89BN2O. The Kier molecular flexibility index (Phi) is 10.7. The predicted molar refractivity (Wildman–Crippen MR) is 354 cm³/mol. The van der Waals surface area contributed by atoms with E-state index in [4.69, 9.17) is 4.42 Å². The first-order valence-electron chi connectivity index (χ1n) is 31.9. The van der Waals surface area contributed by atoms with Gasteiger partial charge in [-0.2, -0.15) is 0 Å². The van der Waals surface area contributed by atoms with Crippen LogP contribution in [0.25, 0.3) is 33.2 Å². The number of fused-ring (bicyclic) bond motifs is 13. The first-order valence-corrected chi connectivity index (χ1v) is 31.9. The van der Waals surface area contributed by atoms with Gasteiger partial charge < -0.3 is 14.2 Å². The number of nitrogens with zero attached hydrogens (tertiary/aromatic N) is 2. The maximum Gasteiger partial charge on any atom is 0.297 e. The predicted octanol–water partition coefficient (Wildman–Crippen LogP) is 19.9. The van der Waals surface area contributed by atoms with Gasteiger partial charge in [0.2, 0.25) is 0 Å². The summed E-state index contributed by atoms with van der Waals surface area (Å²) in [4.78, 5) is 5.45. The highest BCUT2D eigenvalue weighted by molar-refractivity contribution is 7.00. The van der Waals surface area contributed by atoms with Gasteiger partial charge in [-0.05, 0) is 244 Å². The average Bonchev–Trinajstić information content (AvgIpc) is 3.62. The minimum atomic E-state index is -0.170. The standard InChI is InChI=1S/C79H89BN2O/c1-71(2)29-31-73(5,6)57-40-48(24-27-55(57)71)81-64-44-61-60(76(11,12)34-35-77(61,13)14)43-63(64)80-68-65(81)38-47(46-23-26-54-51(37-46)50-21-19-20-22-53(50)79(54,17)18)39-66(68)82(49-25-28-56-58(41-49)74(7,8)32-30-72(56,3)4)69-52-42-59-62(45-67(52)83-70(69)80)78(15,16)36-33-75(59,9)10/h19-28,37-45H,29-36H2,1-18H3. The second-order valence-corrected chi connectivity index (χ2v) is 33.2. The third kappa shape index (κ3) is 7.41. The Morgan fingerprint density at radius 2 is 0.783 bits per heavy atom. The maximum atomic E-state index is 7.92. The summed E-state index contributed by atoms with van der Waals surface area (Å²) in [6.07, 6.45) is 9.26. The van der Waals surface area contributed by atoms with E-state index in [-0.39, 0.29) is 55.4 Å². The molecule has 0 amide bonds. The lowest BCUT2D eigenvalue weighted by Gasteiger charge is -2.47. The number of hydrogen-bond acceptors (Lipinski definition) is 3. The lowest BCUT2D eigenvalue weighted by Crippen LogP contribution is -2.61. The fourth-order valence-electron chi connectivity index (χ4n) is 17.6. The van der Waals surface area contributed by atoms with E-state index in [1.54, 1.807) is 0 Å². The molecule has 0 saturated heterocycles. The third-order valence-corrected chi connectivity index (χ3v) is 23.7. The van der Waals surface area contributed by atoms with Crippen LogP contribution < -0.4 is 26.4 Å². The minimum Gasteiger partial charge on any atom is -0.468 e. The van der Waals surface area contributed by atoms with Gasteiger partial charge in [0.15, 0.2) is 0 Å². The molecule has 0 fully saturated rings. The van der Waals surface area contributed by atoms with Gasteiger partial charge in [0, 0.05) is 39.2 Å². The topological polar surface area (TPSA) is 19.6 Å². The molecule has 4 heteroatoms. The average molecular weight is 1090 g/mol. The van der Waals surface area contributed by atoms with Gasteiger partial charge in [-0.1, -0.05) is 179 Å². The van der Waals surface area contributed by atoms with Crippen LogP contribution in [0.15, 0.2) is 120 Å². The van der Waals surface area contributed by atoms with Crippen molar-refractivity contribution in [3.8, 4) is 22.3 Å². The summed E-state index contributed by atoms with van der Waals surface area (Å²) in [7, 11) is 0. The van der Waals surface area contributed by atoms with Crippen molar-refractivity contribution in [1.82, 2.24) is 0 Å². The van der Waals surface area contributed by atoms with Crippen molar-refractivity contribution in [2.24, 2.45) is 0 Å². The second kappa shape index (κ2) is 16.6. The summed E-state index contributed by atoms with van der Waals surface area (Å²) in [5.74, 6) is 0. The minimum absolute atomic E-state index is 0.00278. The largest absolute Gasteiger partial charge is 0.468 e. The first-order chi connectivity index (χ1) is 38.8. The van der Waals surface area contributed by atoms with Crippen LogP contribution >= 0.6 is 0 Å². The van der Waals surface area contributed by atoms with Crippen molar-refractivity contribution < 1.29 is 4.42 Å². The van der Waals surface area contributed by atoms with Crippen molar-refractivity contribution in [1.29, 1.82) is 0 Å². The van der Waals surface area contributed by atoms with Gasteiger partial charge in [-0.15, -0.1) is 0 Å². The van der Waals surface area contributed by atoms with Gasteiger partial charge in [-0.25, -0.2) is 0 Å². The van der Waals surface area contributed by atoms with E-state index in [9.17, 15) is 0 Å². The van der Waals surface area contributed by atoms with Gasteiger partial charge in [-0.3, -0.25) is 0 Å². The fraction of sp³-hybridized carbons (Fsp3) is 0.443. The molecule has 8 aromatic rings. The summed E-state index contributed by atoms with van der Waals surface area (Å²) >= 11 is 0. The third-order valence-electron chi connectivity index (χ3n) is 23.7. The normalized spacial score (nSPS) is 22.0. The van der Waals surface area contributed by atoms with Gasteiger partial charge in [0.05, 0.1) is 11.3 Å². The molecule has 7 aliphatic rings. The van der Waals surface area contributed by atoms with E-state index in [1.807, 2.05) is 0 Å². The first kappa shape index (κ1) is 53.5. The second-order valence-electron chi connectivity index (χ2n) is 33.2. The van der Waals surface area contributed by atoms with Crippen molar-refractivity contribution in [3.05, 3.63) is 171 Å². The monoisotopic (exact) mass is 1090 g/mol. The van der Waals surface area contributed by atoms with Crippen LogP contribution in [0.1, 0.15) is 232 Å². The smallest absolute Gasteiger partial charge is 0.297 e. The number of hydrogen-bond donors (Lipinski definition) is 0. The maximum absolute atomic E-state index is 7.92. The highest BCUT2D eigenvalue weighted by Gasteiger charge is 2.51. The molecule has 3 heterocycles. The molecular weight excluding hydrogens is 1000 g/mol. The van der Waals surface area contributed by atoms with E-state index in [0.717, 1.165) is 49.8 Å². The molecule has 0 saturated carbocycles. The zero-order valence-corrected chi connectivity index (χ0v) is 53.5. The Hall–Kier alpha value is -6.26. The quantitative estimate of drug-likeness (QED) is 0.164. The van der Waals surface area contributed by atoms with E-state index in [1.165, 1.54) is 141 Å². The molecule has 0 spiro atoms. The molecule has 0 unspecified atom stereocenters. The summed E-state index contributed by atoms with van der Waals surface area (Å²) in [6.45, 7) is 44.4. The SMILES string of the molecule is CC1(C)CCC(C)(C)c2cc(N3c4cc5c(cc4B4c6oc7cc8c(cc7c6N(c6ccc7c(c6)C(C)(C)CCC7(C)C)c6cc(-c7ccc9c(c7)-c7ccccc7C9(C)C)cc3c64)C(C)(C)CCC8(C)C)C(C)(C)CCC5(C)C)ccc21. The van der Waals surface area contributed by atoms with Crippen LogP contribution in [-0.4, -0.2) is 6.71 Å². The van der Waals surface area contributed by atoms with E-state index in [0.29, 0.717) is 0 Å². The Morgan fingerprint density at radius 1 is 0.349 bits per heavy atom. The molecule has 5 aliphatic carbocycles. The molecule has 15 rings (SSSR count). The Balaban J connectivity index is 1.11. The Morgan fingerprint density at radius 3 is 1.34 bits per heavy atom. The van der Waals surface area contributed by atoms with Crippen LogP contribution in [0.3, 0.4) is 0 Å². The zero-order chi connectivity index (χ0) is 58.5. The summed E-state index contributed by atoms with van der Waals surface area (Å²) < 4.78 is 7.92. The summed E-state index contributed by atoms with van der Waals surface area (Å²) in [5.41, 5.74) is 32.1. The Labute approximate surface area is 497 Å². The molecule has 0 N–H and O–H groups in total. The van der Waals surface area contributed by atoms with E-state index in [2.05, 4.69) is 250 Å². The van der Waals surface area contributed by atoms with Crippen LogP contribution in [0.2, 0.25) is 0 Å². The van der Waals surface area contributed by atoms with E-state index < -0.39 is 0 Å². The molecule has 2 aliphatic heterocycles. The van der Waals surface area contributed by atoms with Crippen LogP contribution in [0, 0.1) is 0 Å². The molecule has 0 bridgehead atoms. The zero-order valence-electron chi connectivity index (χ0n) is 53.5. The number of rotatable bonds is 3. The summed E-state index contributed by atoms with van der Waals surface area (Å²) in [5, 5.41) is 1.22. The van der Waals surface area contributed by atoms with Crippen molar-refractivity contribution in [2.45, 2.75) is 225 Å². The number of anilines is 6. The van der Waals surface area contributed by atoms with Gasteiger partial charge in [0.1, 0.15) is 5.58 Å². The van der Waals surface area contributed by atoms with Gasteiger partial charge in [0.25, 0.3) is 6.71 Å². The Bertz CT molecular complexity index is 4160. The highest BCUT2D eigenvalue weighted by Crippen LogP contribution is 2.58. The van der Waals surface area contributed by atoms with Gasteiger partial charge >= 0.3 is 0 Å². The molecule has 7 aromatic carbocycles. The fourth-order valence-corrected chi connectivity index (χ4v) is 17.6. The number of furan rings is 1.